The molecule has 122 valence electrons. The van der Waals surface area contributed by atoms with Crippen molar-refractivity contribution >= 4 is 5.91 Å². The Hall–Kier alpha value is -0.650. The number of aliphatic hydroxyl groups is 1. The van der Waals surface area contributed by atoms with Crippen LogP contribution in [0.1, 0.15) is 39.5 Å². The Morgan fingerprint density at radius 2 is 1.81 bits per heavy atom. The van der Waals surface area contributed by atoms with Gasteiger partial charge in [-0.15, -0.1) is 0 Å². The molecule has 1 aliphatic carbocycles. The molecular formula is C16H31N3O2. The molecule has 0 radical (unpaired) electrons. The van der Waals surface area contributed by atoms with Crippen molar-refractivity contribution in [3.8, 4) is 0 Å². The van der Waals surface area contributed by atoms with Gasteiger partial charge >= 0.3 is 0 Å². The average molecular weight is 297 g/mol. The van der Waals surface area contributed by atoms with Gasteiger partial charge in [0, 0.05) is 38.6 Å². The van der Waals surface area contributed by atoms with Gasteiger partial charge < -0.3 is 15.7 Å². The number of carbonyl (C=O) groups excluding carboxylic acids is 1. The zero-order valence-corrected chi connectivity index (χ0v) is 13.6. The van der Waals surface area contributed by atoms with Gasteiger partial charge in [0.15, 0.2) is 0 Å². The molecule has 1 saturated carbocycles. The van der Waals surface area contributed by atoms with Crippen LogP contribution in [-0.2, 0) is 4.79 Å². The van der Waals surface area contributed by atoms with Crippen molar-refractivity contribution in [1.82, 2.24) is 9.80 Å². The van der Waals surface area contributed by atoms with Crippen LogP contribution < -0.4 is 5.73 Å². The monoisotopic (exact) mass is 297 g/mol. The Morgan fingerprint density at radius 3 is 2.38 bits per heavy atom. The minimum atomic E-state index is -0.666. The summed E-state index contributed by atoms with van der Waals surface area (Å²) in [6, 6.07) is 0. The Morgan fingerprint density at radius 1 is 1.19 bits per heavy atom. The highest BCUT2D eigenvalue weighted by Crippen LogP contribution is 2.31. The second-order valence-corrected chi connectivity index (χ2v) is 7.30. The van der Waals surface area contributed by atoms with Crippen LogP contribution >= 0.6 is 0 Å². The minimum Gasteiger partial charge on any atom is -0.389 e. The molecule has 3 N–H and O–H groups in total. The number of piperazine rings is 1. The Kier molecular flexibility index (Phi) is 5.63. The molecule has 0 aromatic carbocycles. The van der Waals surface area contributed by atoms with Crippen LogP contribution in [0.5, 0.6) is 0 Å². The molecule has 2 aliphatic rings. The third kappa shape index (κ3) is 4.66. The summed E-state index contributed by atoms with van der Waals surface area (Å²) < 4.78 is 0. The number of hydrogen-bond acceptors (Lipinski definition) is 4. The first kappa shape index (κ1) is 16.7. The summed E-state index contributed by atoms with van der Waals surface area (Å²) in [6.45, 7) is 8.24. The number of nitrogens with two attached hydrogens (primary N) is 1. The summed E-state index contributed by atoms with van der Waals surface area (Å²) in [6.07, 6.45) is 4.48. The van der Waals surface area contributed by atoms with Crippen molar-refractivity contribution in [2.45, 2.75) is 45.1 Å². The average Bonchev–Trinajstić information content (AvgIpc) is 2.45. The molecule has 2 atom stereocenters. The lowest BCUT2D eigenvalue weighted by atomic mass is 9.78. The van der Waals surface area contributed by atoms with Gasteiger partial charge in [0.1, 0.15) is 0 Å². The SMILES string of the molecule is CC(C)(O)CN1CCN(C(=O)C2CCCCC2CN)CC1. The van der Waals surface area contributed by atoms with E-state index in [4.69, 9.17) is 5.73 Å². The second-order valence-electron chi connectivity index (χ2n) is 7.30. The maximum atomic E-state index is 12.7. The van der Waals surface area contributed by atoms with Crippen molar-refractivity contribution in [1.29, 1.82) is 0 Å². The van der Waals surface area contributed by atoms with Crippen molar-refractivity contribution < 1.29 is 9.90 Å². The molecule has 5 nitrogen and oxygen atoms in total. The molecule has 5 heteroatoms. The van der Waals surface area contributed by atoms with Crippen LogP contribution in [0.15, 0.2) is 0 Å². The van der Waals surface area contributed by atoms with Gasteiger partial charge in [-0.25, -0.2) is 0 Å². The Bertz CT molecular complexity index is 346. The zero-order chi connectivity index (χ0) is 15.5. The summed E-state index contributed by atoms with van der Waals surface area (Å²) in [4.78, 5) is 17.0. The van der Waals surface area contributed by atoms with Crippen LogP contribution in [0.3, 0.4) is 0 Å². The molecule has 21 heavy (non-hydrogen) atoms. The van der Waals surface area contributed by atoms with Gasteiger partial charge in [-0.2, -0.15) is 0 Å². The lowest BCUT2D eigenvalue weighted by Crippen LogP contribution is -2.54. The van der Waals surface area contributed by atoms with E-state index in [1.807, 2.05) is 18.7 Å². The number of hydrogen-bond donors (Lipinski definition) is 2. The number of nitrogens with zero attached hydrogens (tertiary/aromatic N) is 2. The van der Waals surface area contributed by atoms with E-state index in [0.29, 0.717) is 24.9 Å². The first-order valence-electron chi connectivity index (χ1n) is 8.34. The minimum absolute atomic E-state index is 0.143. The molecule has 1 saturated heterocycles. The maximum absolute atomic E-state index is 12.7. The first-order valence-corrected chi connectivity index (χ1v) is 8.34. The van der Waals surface area contributed by atoms with E-state index in [9.17, 15) is 9.90 Å². The lowest BCUT2D eigenvalue weighted by Gasteiger charge is -2.40. The predicted molar refractivity (Wildman–Crippen MR) is 83.8 cm³/mol. The Balaban J connectivity index is 1.85. The number of rotatable bonds is 4. The normalized spacial score (nSPS) is 28.7. The van der Waals surface area contributed by atoms with Crippen molar-refractivity contribution in [2.24, 2.45) is 17.6 Å². The van der Waals surface area contributed by atoms with E-state index in [0.717, 1.165) is 45.4 Å². The summed E-state index contributed by atoms with van der Waals surface area (Å²) in [7, 11) is 0. The molecular weight excluding hydrogens is 266 g/mol. The van der Waals surface area contributed by atoms with Crippen LogP contribution in [0.4, 0.5) is 0 Å². The fourth-order valence-corrected chi connectivity index (χ4v) is 3.72. The van der Waals surface area contributed by atoms with E-state index in [2.05, 4.69) is 4.90 Å². The maximum Gasteiger partial charge on any atom is 0.226 e. The quantitative estimate of drug-likeness (QED) is 0.800. The van der Waals surface area contributed by atoms with E-state index in [1.165, 1.54) is 6.42 Å². The molecule has 2 unspecified atom stereocenters. The summed E-state index contributed by atoms with van der Waals surface area (Å²) >= 11 is 0. The van der Waals surface area contributed by atoms with E-state index in [-0.39, 0.29) is 5.92 Å². The molecule has 2 rings (SSSR count). The predicted octanol–water partition coefficient (Wildman–Crippen LogP) is 0.667. The number of amides is 1. The topological polar surface area (TPSA) is 69.8 Å². The standard InChI is InChI=1S/C16H31N3O2/c1-16(2,21)12-18-7-9-19(10-8-18)15(20)14-6-4-3-5-13(14)11-17/h13-14,21H,3-12,17H2,1-2H3. The van der Waals surface area contributed by atoms with Crippen LogP contribution in [0, 0.1) is 11.8 Å². The third-order valence-electron chi connectivity index (χ3n) is 4.82. The lowest BCUT2D eigenvalue weighted by molar-refractivity contribution is -0.140. The number of carbonyl (C=O) groups is 1. The molecule has 0 aromatic rings. The van der Waals surface area contributed by atoms with Gasteiger partial charge in [0.05, 0.1) is 5.60 Å². The van der Waals surface area contributed by atoms with Gasteiger partial charge in [-0.05, 0) is 39.2 Å². The smallest absolute Gasteiger partial charge is 0.226 e. The van der Waals surface area contributed by atoms with Gasteiger partial charge in [0.25, 0.3) is 0 Å². The summed E-state index contributed by atoms with van der Waals surface area (Å²) in [5.74, 6) is 0.832. The molecule has 1 amide bonds. The van der Waals surface area contributed by atoms with Crippen LogP contribution in [0.2, 0.25) is 0 Å². The van der Waals surface area contributed by atoms with E-state index < -0.39 is 5.60 Å². The second kappa shape index (κ2) is 7.07. The summed E-state index contributed by atoms with van der Waals surface area (Å²) in [5, 5.41) is 9.88. The van der Waals surface area contributed by atoms with Crippen molar-refractivity contribution in [3.05, 3.63) is 0 Å². The molecule has 1 aliphatic heterocycles. The van der Waals surface area contributed by atoms with Gasteiger partial charge in [-0.1, -0.05) is 12.8 Å². The highest BCUT2D eigenvalue weighted by atomic mass is 16.3. The zero-order valence-electron chi connectivity index (χ0n) is 13.6. The van der Waals surface area contributed by atoms with Crippen molar-refractivity contribution in [2.75, 3.05) is 39.3 Å². The fraction of sp³-hybridized carbons (Fsp3) is 0.938. The first-order chi connectivity index (χ1) is 9.90. The third-order valence-corrected chi connectivity index (χ3v) is 4.82. The molecule has 2 fully saturated rings. The van der Waals surface area contributed by atoms with E-state index in [1.54, 1.807) is 0 Å². The van der Waals surface area contributed by atoms with Crippen LogP contribution in [0.25, 0.3) is 0 Å². The largest absolute Gasteiger partial charge is 0.389 e. The van der Waals surface area contributed by atoms with Crippen LogP contribution in [-0.4, -0.2) is 65.7 Å². The molecule has 1 heterocycles. The number of β-amino-alcohol motifs (C(OH)–C–C–N with tert-alkyl or cyclic N) is 1. The molecule has 0 aromatic heterocycles. The van der Waals surface area contributed by atoms with Gasteiger partial charge in [0.2, 0.25) is 5.91 Å². The highest BCUT2D eigenvalue weighted by Gasteiger charge is 2.34. The highest BCUT2D eigenvalue weighted by molar-refractivity contribution is 5.79. The van der Waals surface area contributed by atoms with Gasteiger partial charge in [-0.3, -0.25) is 9.69 Å². The summed E-state index contributed by atoms with van der Waals surface area (Å²) in [5.41, 5.74) is 5.18. The molecule has 0 bridgehead atoms. The van der Waals surface area contributed by atoms with Crippen molar-refractivity contribution in [3.63, 3.8) is 0 Å². The fourth-order valence-electron chi connectivity index (χ4n) is 3.72. The Labute approximate surface area is 128 Å². The van der Waals surface area contributed by atoms with E-state index >= 15 is 0 Å². The molecule has 0 spiro atoms.